The highest BCUT2D eigenvalue weighted by molar-refractivity contribution is 6.12. The molecule has 530 valence electrons. The maximum absolute atomic E-state index is 2.58. The molecule has 13 aromatic carbocycles. The molecule has 0 aliphatic heterocycles. The van der Waals surface area contributed by atoms with E-state index in [1.165, 1.54) is 77.0 Å². The predicted octanol–water partition coefficient (Wildman–Crippen LogP) is 29.3. The molecule has 15 rings (SSSR count). The SMILES string of the molecule is CC(C)(C)c1cc(-c2ccccc2)c(N(c2cccc(N(c3cccc(-n4c5ccc(C(C)(C)C)cc5c5cc(C(C)(C)C)ccc54)c3)c3c(-c4ccccc4)cc(C(C)(C)C)cc3-c3ccccc3)c2)c2cccc(-n3c4ccc(C(C)(C)C)cc4c4cc(C(C)(C)C)ccc43)c2)c(-c2ccccc2)c1. The van der Waals surface area contributed by atoms with Crippen molar-refractivity contribution in [1.82, 2.24) is 9.13 Å². The van der Waals surface area contributed by atoms with Crippen LogP contribution in [0.3, 0.4) is 0 Å². The van der Waals surface area contributed by atoms with Crippen molar-refractivity contribution in [2.24, 2.45) is 0 Å². The first-order valence-electron chi connectivity index (χ1n) is 38.1. The Kier molecular flexibility index (Phi) is 17.7. The zero-order chi connectivity index (χ0) is 74.6. The largest absolute Gasteiger partial charge is 0.309 e. The third-order valence-electron chi connectivity index (χ3n) is 21.8. The average Bonchev–Trinajstić information content (AvgIpc) is 1.40. The van der Waals surface area contributed by atoms with Gasteiger partial charge < -0.3 is 18.9 Å². The van der Waals surface area contributed by atoms with Gasteiger partial charge in [0.1, 0.15) is 0 Å². The van der Waals surface area contributed by atoms with Gasteiger partial charge in [-0.25, -0.2) is 0 Å². The zero-order valence-corrected chi connectivity index (χ0v) is 65.5. The highest BCUT2D eigenvalue weighted by Crippen LogP contribution is 2.54. The summed E-state index contributed by atoms with van der Waals surface area (Å²) < 4.78 is 5.02. The van der Waals surface area contributed by atoms with Crippen LogP contribution >= 0.6 is 0 Å². The highest BCUT2D eigenvalue weighted by Gasteiger charge is 2.32. The van der Waals surface area contributed by atoms with Crippen LogP contribution < -0.4 is 9.80 Å². The summed E-state index contributed by atoms with van der Waals surface area (Å²) in [5.41, 5.74) is 29.3. The van der Waals surface area contributed by atoms with E-state index in [2.05, 4.69) is 435 Å². The minimum atomic E-state index is -0.193. The highest BCUT2D eigenvalue weighted by atomic mass is 15.2. The monoisotopic (exact) mass is 1380 g/mol. The van der Waals surface area contributed by atoms with E-state index in [0.29, 0.717) is 0 Å². The van der Waals surface area contributed by atoms with Gasteiger partial charge in [0.2, 0.25) is 0 Å². The lowest BCUT2D eigenvalue weighted by molar-refractivity contribution is 0.590. The standard InChI is InChI=1S/C102H102N4/c1-97(2,3)71-48-52-91-87(56-71)88-57-72(98(4,5)6)49-53-92(88)105(91)81-46-32-44-79(65-81)103(95-83(67-34-23-19-24-35-67)60-75(101(13,14)15)61-84(95)68-36-25-20-26-37-68)77-42-31-43-78(64-77)104(96-85(69-38-27-21-28-39-69)62-76(102(16,17)18)63-86(96)70-40-29-22-30-41-70)80-45-33-47-82(66-80)106-93-54-50-73(99(7,8)9)58-89(93)90-59-74(100(10,11)12)51-55-94(90)106/h19-66H,1-18H3. The molecule has 0 saturated carbocycles. The van der Waals surface area contributed by atoms with Crippen LogP contribution in [0.25, 0.3) is 99.5 Å². The fraction of sp³-hybridized carbons (Fsp3) is 0.235. The molecule has 15 aromatic rings. The molecule has 0 spiro atoms. The molecule has 106 heavy (non-hydrogen) atoms. The Morgan fingerprint density at radius 3 is 0.660 bits per heavy atom. The number of anilines is 6. The van der Waals surface area contributed by atoms with Gasteiger partial charge in [-0.05, 0) is 216 Å². The van der Waals surface area contributed by atoms with E-state index < -0.39 is 0 Å². The average molecular weight is 1380 g/mol. The lowest BCUT2D eigenvalue weighted by atomic mass is 9.81. The van der Waals surface area contributed by atoms with Crippen LogP contribution in [0.1, 0.15) is 158 Å². The number of aromatic nitrogens is 2. The van der Waals surface area contributed by atoms with Crippen molar-refractivity contribution >= 4 is 77.7 Å². The van der Waals surface area contributed by atoms with E-state index in [1.807, 2.05) is 0 Å². The van der Waals surface area contributed by atoms with Gasteiger partial charge in [0.15, 0.2) is 0 Å². The van der Waals surface area contributed by atoms with E-state index in [-0.39, 0.29) is 32.5 Å². The molecule has 0 amide bonds. The van der Waals surface area contributed by atoms with Crippen LogP contribution in [0.15, 0.2) is 291 Å². The van der Waals surface area contributed by atoms with Gasteiger partial charge in [-0.1, -0.05) is 288 Å². The van der Waals surface area contributed by atoms with E-state index >= 15 is 0 Å². The smallest absolute Gasteiger partial charge is 0.0618 e. The molecule has 0 saturated heterocycles. The quantitative estimate of drug-likeness (QED) is 0.121. The maximum atomic E-state index is 2.58. The summed E-state index contributed by atoms with van der Waals surface area (Å²) in [7, 11) is 0. The molecule has 0 radical (unpaired) electrons. The Balaban J connectivity index is 1.06. The van der Waals surface area contributed by atoms with Gasteiger partial charge in [-0.2, -0.15) is 0 Å². The minimum Gasteiger partial charge on any atom is -0.309 e. The second-order valence-corrected chi connectivity index (χ2v) is 35.6. The van der Waals surface area contributed by atoms with Crippen molar-refractivity contribution in [2.45, 2.75) is 157 Å². The first kappa shape index (κ1) is 70.7. The van der Waals surface area contributed by atoms with E-state index in [9.17, 15) is 0 Å². The van der Waals surface area contributed by atoms with Crippen molar-refractivity contribution in [2.75, 3.05) is 9.80 Å². The molecule has 0 aliphatic carbocycles. The Morgan fingerprint density at radius 2 is 0.425 bits per heavy atom. The number of benzene rings is 13. The van der Waals surface area contributed by atoms with Gasteiger partial charge in [0, 0.05) is 77.9 Å². The van der Waals surface area contributed by atoms with Gasteiger partial charge in [-0.15, -0.1) is 0 Å². The molecule has 4 nitrogen and oxygen atoms in total. The first-order valence-corrected chi connectivity index (χ1v) is 38.1. The number of rotatable bonds is 12. The van der Waals surface area contributed by atoms with Gasteiger partial charge in [0.25, 0.3) is 0 Å². The number of fused-ring (bicyclic) bond motifs is 6. The van der Waals surface area contributed by atoms with Gasteiger partial charge in [-0.3, -0.25) is 0 Å². The summed E-state index contributed by atoms with van der Waals surface area (Å²) >= 11 is 0. The molecule has 0 N–H and O–H groups in total. The Morgan fingerprint density at radius 1 is 0.198 bits per heavy atom. The topological polar surface area (TPSA) is 16.3 Å². The third-order valence-corrected chi connectivity index (χ3v) is 21.8. The van der Waals surface area contributed by atoms with E-state index in [0.717, 1.165) is 90.0 Å². The Labute approximate surface area is 630 Å². The summed E-state index contributed by atoms with van der Waals surface area (Å²) in [6.07, 6.45) is 0. The Bertz CT molecular complexity index is 5180. The fourth-order valence-electron chi connectivity index (χ4n) is 15.6. The summed E-state index contributed by atoms with van der Waals surface area (Å²) in [5, 5.41) is 5.02. The van der Waals surface area contributed by atoms with Crippen LogP contribution in [-0.4, -0.2) is 9.13 Å². The molecular weight excluding hydrogens is 1280 g/mol. The summed E-state index contributed by atoms with van der Waals surface area (Å²) in [6, 6.07) is 111. The van der Waals surface area contributed by atoms with Crippen molar-refractivity contribution in [1.29, 1.82) is 0 Å². The normalized spacial score (nSPS) is 12.6. The molecule has 4 heteroatoms. The lowest BCUT2D eigenvalue weighted by Crippen LogP contribution is -2.18. The predicted molar refractivity (Wildman–Crippen MR) is 458 cm³/mol. The van der Waals surface area contributed by atoms with Crippen LogP contribution in [0, 0.1) is 0 Å². The van der Waals surface area contributed by atoms with Crippen LogP contribution in [0.2, 0.25) is 0 Å². The number of hydrogen-bond acceptors (Lipinski definition) is 2. The summed E-state index contributed by atoms with van der Waals surface area (Å²) in [6.45, 7) is 41.9. The molecule has 2 heterocycles. The van der Waals surface area contributed by atoms with Gasteiger partial charge in [0.05, 0.1) is 33.4 Å². The van der Waals surface area contributed by atoms with E-state index in [1.54, 1.807) is 0 Å². The molecule has 0 aliphatic rings. The lowest BCUT2D eigenvalue weighted by Gasteiger charge is -2.35. The minimum absolute atomic E-state index is 0.0466. The molecule has 0 bridgehead atoms. The van der Waals surface area contributed by atoms with Crippen molar-refractivity contribution in [3.63, 3.8) is 0 Å². The summed E-state index contributed by atoms with van der Waals surface area (Å²) in [4.78, 5) is 5.16. The third kappa shape index (κ3) is 13.3. The van der Waals surface area contributed by atoms with E-state index in [4.69, 9.17) is 0 Å². The van der Waals surface area contributed by atoms with Gasteiger partial charge >= 0.3 is 0 Å². The van der Waals surface area contributed by atoms with Crippen molar-refractivity contribution in [3.8, 4) is 55.9 Å². The van der Waals surface area contributed by atoms with Crippen molar-refractivity contribution < 1.29 is 0 Å². The van der Waals surface area contributed by atoms with Crippen LogP contribution in [-0.2, 0) is 32.5 Å². The molecule has 0 fully saturated rings. The first-order chi connectivity index (χ1) is 50.4. The second kappa shape index (κ2) is 26.6. The summed E-state index contributed by atoms with van der Waals surface area (Å²) in [5.74, 6) is 0. The fourth-order valence-corrected chi connectivity index (χ4v) is 15.6. The molecule has 0 unspecified atom stereocenters. The molecule has 0 atom stereocenters. The molecular formula is C102H102N4. The van der Waals surface area contributed by atoms with Crippen LogP contribution in [0.5, 0.6) is 0 Å². The van der Waals surface area contributed by atoms with Crippen molar-refractivity contribution in [3.05, 3.63) is 325 Å². The Hall–Kier alpha value is -10.9. The number of hydrogen-bond donors (Lipinski definition) is 0. The maximum Gasteiger partial charge on any atom is 0.0618 e. The zero-order valence-electron chi connectivity index (χ0n) is 65.5. The number of nitrogens with zero attached hydrogens (tertiary/aromatic N) is 4. The van der Waals surface area contributed by atoms with Crippen LogP contribution in [0.4, 0.5) is 34.1 Å². The second-order valence-electron chi connectivity index (χ2n) is 35.6. The molecule has 2 aromatic heterocycles.